The molecule has 2 saturated carbocycles. The van der Waals surface area contributed by atoms with Crippen molar-refractivity contribution in [2.45, 2.75) is 97.4 Å². The van der Waals surface area contributed by atoms with Crippen molar-refractivity contribution < 1.29 is 4.74 Å². The van der Waals surface area contributed by atoms with Crippen LogP contribution in [0.1, 0.15) is 77.4 Å². The Morgan fingerprint density at radius 1 is 1.18 bits per heavy atom. The van der Waals surface area contributed by atoms with Gasteiger partial charge in [0.05, 0.1) is 6.10 Å². The first-order valence-corrected chi connectivity index (χ1v) is 11.1. The van der Waals surface area contributed by atoms with Gasteiger partial charge in [0.15, 0.2) is 11.8 Å². The van der Waals surface area contributed by atoms with Crippen molar-refractivity contribution in [1.29, 1.82) is 0 Å². The summed E-state index contributed by atoms with van der Waals surface area (Å²) in [4.78, 5) is 4.89. The molecule has 0 spiro atoms. The molecule has 2 aliphatic rings. The molecule has 1 aromatic rings. The lowest BCUT2D eigenvalue weighted by atomic mass is 9.58. The Kier molecular flexibility index (Phi) is 6.96. The largest absolute Gasteiger partial charge is 0.378 e. The predicted octanol–water partition coefficient (Wildman–Crippen LogP) is 3.09. The Hall–Kier alpha value is -1.63. The molecule has 0 saturated heterocycles. The van der Waals surface area contributed by atoms with Crippen LogP contribution >= 0.6 is 0 Å². The number of rotatable bonds is 8. The van der Waals surface area contributed by atoms with Gasteiger partial charge in [-0.25, -0.2) is 4.99 Å². The zero-order valence-electron chi connectivity index (χ0n) is 18.3. The van der Waals surface area contributed by atoms with E-state index in [0.717, 1.165) is 43.5 Å². The zero-order valence-corrected chi connectivity index (χ0v) is 18.3. The van der Waals surface area contributed by atoms with Crippen LogP contribution < -0.4 is 10.6 Å². The van der Waals surface area contributed by atoms with Crippen LogP contribution in [0.3, 0.4) is 0 Å². The van der Waals surface area contributed by atoms with E-state index in [1.807, 2.05) is 18.5 Å². The third-order valence-electron chi connectivity index (χ3n) is 7.04. The summed E-state index contributed by atoms with van der Waals surface area (Å²) >= 11 is 0. The molecule has 0 bridgehead atoms. The molecule has 3 rings (SSSR count). The third-order valence-corrected chi connectivity index (χ3v) is 7.04. The highest BCUT2D eigenvalue weighted by Gasteiger charge is 2.53. The fourth-order valence-corrected chi connectivity index (χ4v) is 4.88. The van der Waals surface area contributed by atoms with Crippen LogP contribution in [0.2, 0.25) is 0 Å². The second-order valence-electron chi connectivity index (χ2n) is 8.33. The van der Waals surface area contributed by atoms with Crippen LogP contribution in [0.5, 0.6) is 0 Å². The minimum atomic E-state index is 0.190. The molecule has 2 N–H and O–H groups in total. The van der Waals surface area contributed by atoms with Crippen LogP contribution in [-0.4, -0.2) is 45.5 Å². The molecule has 158 valence electrons. The first-order valence-electron chi connectivity index (χ1n) is 11.1. The summed E-state index contributed by atoms with van der Waals surface area (Å²) in [7, 11) is 2.00. The van der Waals surface area contributed by atoms with Gasteiger partial charge in [0.2, 0.25) is 0 Å². The van der Waals surface area contributed by atoms with Crippen molar-refractivity contribution >= 4 is 5.96 Å². The Morgan fingerprint density at radius 3 is 2.46 bits per heavy atom. The van der Waals surface area contributed by atoms with E-state index in [1.54, 1.807) is 0 Å². The van der Waals surface area contributed by atoms with Crippen LogP contribution in [0.15, 0.2) is 4.99 Å². The monoisotopic (exact) mass is 390 g/mol. The zero-order chi connectivity index (χ0) is 20.1. The van der Waals surface area contributed by atoms with Gasteiger partial charge in [0.1, 0.15) is 12.4 Å². The number of nitrogens with zero attached hydrogens (tertiary/aromatic N) is 4. The molecule has 1 aromatic heterocycles. The van der Waals surface area contributed by atoms with Crippen LogP contribution in [0.25, 0.3) is 0 Å². The van der Waals surface area contributed by atoms with Gasteiger partial charge in [-0.2, -0.15) is 0 Å². The smallest absolute Gasteiger partial charge is 0.192 e. The van der Waals surface area contributed by atoms with Crippen LogP contribution in [-0.2, 0) is 18.3 Å². The summed E-state index contributed by atoms with van der Waals surface area (Å²) in [5.41, 5.74) is 0.190. The van der Waals surface area contributed by atoms with Crippen LogP contribution in [0.4, 0.5) is 0 Å². The van der Waals surface area contributed by atoms with Gasteiger partial charge in [-0.1, -0.05) is 26.7 Å². The van der Waals surface area contributed by atoms with Crippen molar-refractivity contribution in [3.63, 3.8) is 0 Å². The van der Waals surface area contributed by atoms with Gasteiger partial charge in [-0.15, -0.1) is 10.2 Å². The van der Waals surface area contributed by atoms with E-state index >= 15 is 0 Å². The minimum absolute atomic E-state index is 0.190. The lowest BCUT2D eigenvalue weighted by molar-refractivity contribution is -0.133. The van der Waals surface area contributed by atoms with Crippen LogP contribution in [0, 0.1) is 12.3 Å². The molecular formula is C21H38N6O. The molecule has 0 aromatic carbocycles. The average Bonchev–Trinajstić information content (AvgIpc) is 3.30. The second-order valence-corrected chi connectivity index (χ2v) is 8.33. The number of ether oxygens (including phenoxy) is 1. The van der Waals surface area contributed by atoms with E-state index in [1.165, 1.54) is 25.7 Å². The van der Waals surface area contributed by atoms with E-state index in [-0.39, 0.29) is 5.41 Å². The number of aromatic nitrogens is 3. The van der Waals surface area contributed by atoms with Gasteiger partial charge in [0, 0.05) is 31.2 Å². The number of hydrogen-bond donors (Lipinski definition) is 2. The number of aryl methyl sites for hydroxylation is 1. The molecule has 0 radical (unpaired) electrons. The van der Waals surface area contributed by atoms with Crippen molar-refractivity contribution in [2.75, 3.05) is 6.61 Å². The highest BCUT2D eigenvalue weighted by molar-refractivity contribution is 5.80. The van der Waals surface area contributed by atoms with Crippen molar-refractivity contribution in [1.82, 2.24) is 25.4 Å². The highest BCUT2D eigenvalue weighted by Crippen LogP contribution is 2.48. The molecule has 28 heavy (non-hydrogen) atoms. The SMILES string of the molecule is CCOC1CC(NC(=NCc2nnc(C)n2C)NC2CCCC2)C1(CC)CC. The Morgan fingerprint density at radius 2 is 1.89 bits per heavy atom. The summed E-state index contributed by atoms with van der Waals surface area (Å²) in [6, 6.07) is 0.917. The first-order chi connectivity index (χ1) is 13.5. The topological polar surface area (TPSA) is 76.4 Å². The van der Waals surface area contributed by atoms with Gasteiger partial charge in [-0.05, 0) is 46.0 Å². The maximum absolute atomic E-state index is 6.05. The third kappa shape index (κ3) is 4.19. The van der Waals surface area contributed by atoms with Gasteiger partial charge >= 0.3 is 0 Å². The summed E-state index contributed by atoms with van der Waals surface area (Å²) in [6.45, 7) is 9.95. The molecular weight excluding hydrogens is 352 g/mol. The van der Waals surface area contributed by atoms with Gasteiger partial charge in [0.25, 0.3) is 0 Å². The Balaban J connectivity index is 1.73. The summed E-state index contributed by atoms with van der Waals surface area (Å²) < 4.78 is 8.05. The van der Waals surface area contributed by atoms with E-state index < -0.39 is 0 Å². The lowest BCUT2D eigenvalue weighted by Crippen LogP contribution is -2.66. The van der Waals surface area contributed by atoms with E-state index in [4.69, 9.17) is 9.73 Å². The molecule has 2 fully saturated rings. The molecule has 2 aliphatic carbocycles. The molecule has 2 unspecified atom stereocenters. The Bertz CT molecular complexity index is 660. The molecule has 7 heteroatoms. The average molecular weight is 391 g/mol. The molecule has 1 heterocycles. The summed E-state index contributed by atoms with van der Waals surface area (Å²) in [5, 5.41) is 15.9. The van der Waals surface area contributed by atoms with Gasteiger partial charge < -0.3 is 19.9 Å². The number of aliphatic imine (C=N–C) groups is 1. The normalized spacial score (nSPS) is 25.0. The number of hydrogen-bond acceptors (Lipinski definition) is 4. The molecule has 7 nitrogen and oxygen atoms in total. The first kappa shape index (κ1) is 21.1. The second kappa shape index (κ2) is 9.25. The predicted molar refractivity (Wildman–Crippen MR) is 112 cm³/mol. The van der Waals surface area contributed by atoms with Crippen molar-refractivity contribution in [3.05, 3.63) is 11.6 Å². The fraction of sp³-hybridized carbons (Fsp3) is 0.857. The highest BCUT2D eigenvalue weighted by atomic mass is 16.5. The lowest BCUT2D eigenvalue weighted by Gasteiger charge is -2.55. The quantitative estimate of drug-likeness (QED) is 0.527. The van der Waals surface area contributed by atoms with Gasteiger partial charge in [-0.3, -0.25) is 0 Å². The Labute approximate surface area is 169 Å². The molecule has 0 amide bonds. The summed E-state index contributed by atoms with van der Waals surface area (Å²) in [6.07, 6.45) is 8.68. The summed E-state index contributed by atoms with van der Waals surface area (Å²) in [5.74, 6) is 2.72. The number of guanidine groups is 1. The number of nitrogens with one attached hydrogen (secondary N) is 2. The van der Waals surface area contributed by atoms with E-state index in [2.05, 4.69) is 41.6 Å². The maximum Gasteiger partial charge on any atom is 0.192 e. The van der Waals surface area contributed by atoms with E-state index in [9.17, 15) is 0 Å². The fourth-order valence-electron chi connectivity index (χ4n) is 4.88. The van der Waals surface area contributed by atoms with Crippen molar-refractivity contribution in [2.24, 2.45) is 17.5 Å². The van der Waals surface area contributed by atoms with E-state index in [0.29, 0.717) is 24.7 Å². The molecule has 2 atom stereocenters. The van der Waals surface area contributed by atoms with Crippen molar-refractivity contribution in [3.8, 4) is 0 Å². The molecule has 0 aliphatic heterocycles. The standard InChI is InChI=1S/C21H38N6O/c1-6-21(7-2)17(13-18(21)28-8-3)24-20(23-16-11-9-10-12-16)22-14-19-26-25-15(4)27(19)5/h16-18H,6-14H2,1-5H3,(H2,22,23,24). The minimum Gasteiger partial charge on any atom is -0.378 e. The maximum atomic E-state index is 6.05.